The zero-order chi connectivity index (χ0) is 14.2. The molecule has 20 heavy (non-hydrogen) atoms. The fraction of sp³-hybridized carbons (Fsp3) is 0.588. The summed E-state index contributed by atoms with van der Waals surface area (Å²) >= 11 is 0. The monoisotopic (exact) mass is 273 g/mol. The second kappa shape index (κ2) is 5.21. The summed E-state index contributed by atoms with van der Waals surface area (Å²) < 4.78 is 5.25. The molecule has 1 aromatic carbocycles. The first-order chi connectivity index (χ1) is 9.59. The second-order valence-electron chi connectivity index (χ2n) is 6.38. The number of esters is 1. The Morgan fingerprint density at radius 2 is 2.25 bits per heavy atom. The topological polar surface area (TPSA) is 29.5 Å². The van der Waals surface area contributed by atoms with Crippen LogP contribution in [0.1, 0.15) is 44.6 Å². The van der Waals surface area contributed by atoms with Crippen LogP contribution in [0.5, 0.6) is 5.75 Å². The van der Waals surface area contributed by atoms with Gasteiger partial charge in [-0.3, -0.25) is 4.79 Å². The Hall–Kier alpha value is -1.35. The molecule has 2 unspecified atom stereocenters. The molecule has 1 aliphatic heterocycles. The zero-order valence-corrected chi connectivity index (χ0v) is 12.4. The maximum atomic E-state index is 11.1. The van der Waals surface area contributed by atoms with Crippen molar-refractivity contribution < 1.29 is 9.53 Å². The average molecular weight is 273 g/mol. The lowest BCUT2D eigenvalue weighted by molar-refractivity contribution is -0.131. The molecule has 0 aromatic heterocycles. The first-order valence-corrected chi connectivity index (χ1v) is 7.58. The highest BCUT2D eigenvalue weighted by Gasteiger charge is 2.42. The number of likely N-dealkylation sites (tertiary alicyclic amines) is 1. The Kier molecular flexibility index (Phi) is 3.55. The molecule has 1 heterocycles. The number of fused-ring (bicyclic) bond motifs is 2. The molecule has 2 fully saturated rings. The zero-order valence-electron chi connectivity index (χ0n) is 12.4. The summed E-state index contributed by atoms with van der Waals surface area (Å²) in [5, 5.41) is 0. The van der Waals surface area contributed by atoms with Gasteiger partial charge in [0.1, 0.15) is 5.75 Å². The van der Waals surface area contributed by atoms with Crippen LogP contribution in [-0.4, -0.2) is 30.5 Å². The van der Waals surface area contributed by atoms with E-state index in [0.717, 1.165) is 6.04 Å². The maximum Gasteiger partial charge on any atom is 0.308 e. The van der Waals surface area contributed by atoms with E-state index in [-0.39, 0.29) is 5.97 Å². The SMILES string of the molecule is CC(=O)Oc1cccc(C23CCCC(C2)N(C)CC3)c1. The molecule has 108 valence electrons. The number of carbonyl (C=O) groups excluding carboxylic acids is 1. The number of piperidine rings is 1. The summed E-state index contributed by atoms with van der Waals surface area (Å²) in [6, 6.07) is 8.89. The average Bonchev–Trinajstić information content (AvgIpc) is 2.43. The van der Waals surface area contributed by atoms with E-state index in [1.807, 2.05) is 12.1 Å². The van der Waals surface area contributed by atoms with Crippen LogP contribution in [0.3, 0.4) is 0 Å². The summed E-state index contributed by atoms with van der Waals surface area (Å²) in [6.07, 6.45) is 6.34. The van der Waals surface area contributed by atoms with Gasteiger partial charge < -0.3 is 9.64 Å². The van der Waals surface area contributed by atoms with E-state index in [1.165, 1.54) is 51.1 Å². The number of nitrogens with zero attached hydrogens (tertiary/aromatic N) is 1. The molecular formula is C17H23NO2. The molecule has 0 amide bonds. The van der Waals surface area contributed by atoms with Gasteiger partial charge in [-0.1, -0.05) is 18.6 Å². The third-order valence-electron chi connectivity index (χ3n) is 5.09. The molecule has 0 spiro atoms. The highest BCUT2D eigenvalue weighted by atomic mass is 16.5. The molecule has 0 radical (unpaired) electrons. The van der Waals surface area contributed by atoms with Gasteiger partial charge in [-0.25, -0.2) is 0 Å². The molecule has 2 aliphatic rings. The smallest absolute Gasteiger partial charge is 0.308 e. The first kappa shape index (κ1) is 13.6. The van der Waals surface area contributed by atoms with Crippen LogP contribution in [-0.2, 0) is 10.2 Å². The van der Waals surface area contributed by atoms with E-state index in [4.69, 9.17) is 4.74 Å². The van der Waals surface area contributed by atoms with Gasteiger partial charge in [0.15, 0.2) is 0 Å². The Bertz CT molecular complexity index is 513. The largest absolute Gasteiger partial charge is 0.427 e. The quantitative estimate of drug-likeness (QED) is 0.612. The highest BCUT2D eigenvalue weighted by Crippen LogP contribution is 2.47. The molecule has 1 aliphatic carbocycles. The molecular weight excluding hydrogens is 250 g/mol. The number of benzene rings is 1. The van der Waals surface area contributed by atoms with E-state index < -0.39 is 0 Å². The lowest BCUT2D eigenvalue weighted by Crippen LogP contribution is -2.50. The van der Waals surface area contributed by atoms with Crippen LogP contribution >= 0.6 is 0 Å². The Morgan fingerprint density at radius 3 is 3.05 bits per heavy atom. The Labute approximate surface area is 120 Å². The van der Waals surface area contributed by atoms with Crippen LogP contribution < -0.4 is 4.74 Å². The van der Waals surface area contributed by atoms with E-state index in [2.05, 4.69) is 24.1 Å². The van der Waals surface area contributed by atoms with Crippen LogP contribution in [0.4, 0.5) is 0 Å². The molecule has 2 bridgehead atoms. The predicted octanol–water partition coefficient (Wildman–Crippen LogP) is 3.13. The Morgan fingerprint density at radius 1 is 1.40 bits per heavy atom. The lowest BCUT2D eigenvalue weighted by atomic mass is 9.63. The number of hydrogen-bond acceptors (Lipinski definition) is 3. The van der Waals surface area contributed by atoms with Gasteiger partial charge in [-0.15, -0.1) is 0 Å². The van der Waals surface area contributed by atoms with Crippen molar-refractivity contribution in [2.75, 3.05) is 13.6 Å². The molecule has 0 N–H and O–H groups in total. The third-order valence-corrected chi connectivity index (χ3v) is 5.09. The molecule has 3 nitrogen and oxygen atoms in total. The molecule has 1 saturated carbocycles. The third kappa shape index (κ3) is 2.47. The van der Waals surface area contributed by atoms with Crippen molar-refractivity contribution in [1.29, 1.82) is 0 Å². The van der Waals surface area contributed by atoms with E-state index in [0.29, 0.717) is 11.2 Å². The predicted molar refractivity (Wildman–Crippen MR) is 78.9 cm³/mol. The van der Waals surface area contributed by atoms with Gasteiger partial charge in [-0.2, -0.15) is 0 Å². The summed E-state index contributed by atoms with van der Waals surface area (Å²) in [5.41, 5.74) is 1.65. The number of carbonyl (C=O) groups is 1. The fourth-order valence-electron chi connectivity index (χ4n) is 3.97. The number of ether oxygens (including phenoxy) is 1. The van der Waals surface area contributed by atoms with Crippen LogP contribution in [0.2, 0.25) is 0 Å². The molecule has 3 heteroatoms. The van der Waals surface area contributed by atoms with Crippen molar-refractivity contribution in [1.82, 2.24) is 4.90 Å². The number of hydrogen-bond donors (Lipinski definition) is 0. The van der Waals surface area contributed by atoms with E-state index in [1.54, 1.807) is 0 Å². The number of rotatable bonds is 2. The normalized spacial score (nSPS) is 30.0. The maximum absolute atomic E-state index is 11.1. The minimum Gasteiger partial charge on any atom is -0.427 e. The first-order valence-electron chi connectivity index (χ1n) is 7.58. The van der Waals surface area contributed by atoms with Crippen molar-refractivity contribution >= 4 is 5.97 Å². The minimum atomic E-state index is -0.246. The molecule has 2 atom stereocenters. The second-order valence-corrected chi connectivity index (χ2v) is 6.38. The van der Waals surface area contributed by atoms with E-state index >= 15 is 0 Å². The Balaban J connectivity index is 1.89. The molecule has 3 rings (SSSR count). The van der Waals surface area contributed by atoms with E-state index in [9.17, 15) is 4.79 Å². The lowest BCUT2D eigenvalue weighted by Gasteiger charge is -2.50. The summed E-state index contributed by atoms with van der Waals surface area (Å²) in [4.78, 5) is 13.6. The van der Waals surface area contributed by atoms with Crippen LogP contribution in [0.15, 0.2) is 24.3 Å². The minimum absolute atomic E-state index is 0.246. The standard InChI is InChI=1S/C17H23NO2/c1-13(19)20-16-7-3-5-14(11-16)17-8-4-6-15(12-17)18(2)10-9-17/h3,5,7,11,15H,4,6,8-10,12H2,1-2H3. The van der Waals surface area contributed by atoms with Crippen molar-refractivity contribution in [2.45, 2.75) is 50.5 Å². The van der Waals surface area contributed by atoms with Gasteiger partial charge in [0.2, 0.25) is 0 Å². The summed E-state index contributed by atoms with van der Waals surface area (Å²) in [5.74, 6) is 0.440. The fourth-order valence-corrected chi connectivity index (χ4v) is 3.97. The van der Waals surface area contributed by atoms with Gasteiger partial charge in [0.25, 0.3) is 0 Å². The van der Waals surface area contributed by atoms with Crippen molar-refractivity contribution in [3.05, 3.63) is 29.8 Å². The van der Waals surface area contributed by atoms with Crippen LogP contribution in [0.25, 0.3) is 0 Å². The summed E-state index contributed by atoms with van der Waals surface area (Å²) in [7, 11) is 2.25. The van der Waals surface area contributed by atoms with Gasteiger partial charge in [0, 0.05) is 13.0 Å². The van der Waals surface area contributed by atoms with Gasteiger partial charge in [0.05, 0.1) is 0 Å². The molecule has 1 aromatic rings. The van der Waals surface area contributed by atoms with Crippen molar-refractivity contribution in [2.24, 2.45) is 0 Å². The summed E-state index contributed by atoms with van der Waals surface area (Å²) in [6.45, 7) is 2.62. The van der Waals surface area contributed by atoms with Gasteiger partial charge >= 0.3 is 5.97 Å². The molecule has 1 saturated heterocycles. The van der Waals surface area contributed by atoms with Crippen LogP contribution in [0, 0.1) is 0 Å². The highest BCUT2D eigenvalue weighted by molar-refractivity contribution is 5.69. The van der Waals surface area contributed by atoms with Gasteiger partial charge in [-0.05, 0) is 62.4 Å². The van der Waals surface area contributed by atoms with Crippen molar-refractivity contribution in [3.63, 3.8) is 0 Å². The van der Waals surface area contributed by atoms with Crippen molar-refractivity contribution in [3.8, 4) is 5.75 Å².